The molecule has 1 aliphatic rings. The Balaban J connectivity index is 1.58. The number of hydrogen-bond donors (Lipinski definition) is 1. The van der Waals surface area contributed by atoms with E-state index in [1.165, 1.54) is 4.68 Å². The Bertz CT molecular complexity index is 780. The molecule has 0 atom stereocenters. The van der Waals surface area contributed by atoms with Gasteiger partial charge in [0.05, 0.1) is 18.4 Å². The van der Waals surface area contributed by atoms with E-state index in [1.807, 2.05) is 37.3 Å². The number of amides is 1. The number of piperidine rings is 1. The molecule has 1 amide bonds. The van der Waals surface area contributed by atoms with Crippen LogP contribution in [-0.2, 0) is 11.3 Å². The molecule has 6 nitrogen and oxygen atoms in total. The van der Waals surface area contributed by atoms with Crippen LogP contribution in [0, 0.1) is 0 Å². The molecule has 1 aliphatic heterocycles. The van der Waals surface area contributed by atoms with Crippen LogP contribution in [0.4, 0.5) is 5.69 Å². The third kappa shape index (κ3) is 4.71. The van der Waals surface area contributed by atoms with E-state index in [1.54, 1.807) is 12.3 Å². The van der Waals surface area contributed by atoms with E-state index in [0.717, 1.165) is 43.6 Å². The van der Waals surface area contributed by atoms with Gasteiger partial charge in [0.15, 0.2) is 0 Å². The van der Waals surface area contributed by atoms with Gasteiger partial charge in [0.1, 0.15) is 0 Å². The summed E-state index contributed by atoms with van der Waals surface area (Å²) in [5.41, 5.74) is 1.82. The van der Waals surface area contributed by atoms with E-state index in [0.29, 0.717) is 13.0 Å². The summed E-state index contributed by atoms with van der Waals surface area (Å²) in [6, 6.07) is 11.7. The van der Waals surface area contributed by atoms with Gasteiger partial charge in [-0.05, 0) is 24.8 Å². The summed E-state index contributed by atoms with van der Waals surface area (Å²) in [4.78, 5) is 26.3. The van der Waals surface area contributed by atoms with Crippen molar-refractivity contribution in [3.8, 4) is 0 Å². The summed E-state index contributed by atoms with van der Waals surface area (Å²) in [7, 11) is 0. The average molecular weight is 354 g/mol. The van der Waals surface area contributed by atoms with Crippen molar-refractivity contribution in [3.05, 3.63) is 58.5 Å². The smallest absolute Gasteiger partial charge is 0.269 e. The summed E-state index contributed by atoms with van der Waals surface area (Å²) in [5.74, 6) is 0.135. The first-order valence-electron chi connectivity index (χ1n) is 9.31. The molecule has 0 unspecified atom stereocenters. The van der Waals surface area contributed by atoms with Gasteiger partial charge in [0, 0.05) is 31.6 Å². The maximum atomic E-state index is 12.4. The summed E-state index contributed by atoms with van der Waals surface area (Å²) in [6.45, 7) is 4.13. The van der Waals surface area contributed by atoms with Gasteiger partial charge < -0.3 is 10.2 Å². The van der Waals surface area contributed by atoms with E-state index < -0.39 is 0 Å². The predicted octanol–water partition coefficient (Wildman–Crippen LogP) is 2.18. The van der Waals surface area contributed by atoms with Crippen molar-refractivity contribution >= 4 is 11.6 Å². The van der Waals surface area contributed by atoms with Crippen LogP contribution in [0.15, 0.2) is 47.4 Å². The molecule has 1 aromatic heterocycles. The largest absolute Gasteiger partial charge is 0.370 e. The predicted molar refractivity (Wildman–Crippen MR) is 102 cm³/mol. The summed E-state index contributed by atoms with van der Waals surface area (Å²) in [5, 5.41) is 7.43. The number of benzene rings is 1. The fraction of sp³-hybridized carbons (Fsp3) is 0.450. The molecule has 1 N–H and O–H groups in total. The molecule has 2 heterocycles. The lowest BCUT2D eigenvalue weighted by Crippen LogP contribution is -2.45. The Kier molecular flexibility index (Phi) is 6.04. The maximum absolute atomic E-state index is 12.4. The number of carbonyl (C=O) groups excluding carboxylic acids is 1. The summed E-state index contributed by atoms with van der Waals surface area (Å²) >= 11 is 0. The van der Waals surface area contributed by atoms with Gasteiger partial charge in [-0.1, -0.05) is 37.3 Å². The maximum Gasteiger partial charge on any atom is 0.269 e. The summed E-state index contributed by atoms with van der Waals surface area (Å²) in [6.07, 6.45) is 5.00. The molecular formula is C20H26N4O2. The highest BCUT2D eigenvalue weighted by atomic mass is 16.1. The fourth-order valence-electron chi connectivity index (χ4n) is 3.28. The third-order valence-electron chi connectivity index (χ3n) is 4.73. The molecular weight excluding hydrogens is 328 g/mol. The van der Waals surface area contributed by atoms with E-state index in [4.69, 9.17) is 0 Å². The van der Waals surface area contributed by atoms with Crippen molar-refractivity contribution in [3.63, 3.8) is 0 Å². The average Bonchev–Trinajstić information content (AvgIpc) is 2.65. The van der Waals surface area contributed by atoms with E-state index in [-0.39, 0.29) is 17.5 Å². The molecule has 26 heavy (non-hydrogen) atoms. The minimum absolute atomic E-state index is 0.0928. The van der Waals surface area contributed by atoms with Gasteiger partial charge in [0.2, 0.25) is 5.91 Å². The van der Waals surface area contributed by atoms with Crippen molar-refractivity contribution in [2.24, 2.45) is 0 Å². The molecule has 0 bridgehead atoms. The zero-order valence-corrected chi connectivity index (χ0v) is 15.2. The lowest BCUT2D eigenvalue weighted by Gasteiger charge is -2.33. The van der Waals surface area contributed by atoms with Gasteiger partial charge >= 0.3 is 0 Å². The highest BCUT2D eigenvalue weighted by molar-refractivity contribution is 5.76. The first-order valence-corrected chi connectivity index (χ1v) is 9.31. The first kappa shape index (κ1) is 18.2. The Labute approximate surface area is 153 Å². The quantitative estimate of drug-likeness (QED) is 0.863. The molecule has 1 fully saturated rings. The van der Waals surface area contributed by atoms with Crippen LogP contribution in [0.5, 0.6) is 0 Å². The Hall–Kier alpha value is -2.63. The topological polar surface area (TPSA) is 67.2 Å². The van der Waals surface area contributed by atoms with Crippen LogP contribution in [-0.4, -0.2) is 34.8 Å². The number of nitrogens with zero attached hydrogens (tertiary/aromatic N) is 3. The van der Waals surface area contributed by atoms with Gasteiger partial charge in [-0.15, -0.1) is 0 Å². The number of rotatable bonds is 6. The lowest BCUT2D eigenvalue weighted by atomic mass is 10.0. The van der Waals surface area contributed by atoms with E-state index >= 15 is 0 Å². The number of aromatic nitrogens is 2. The van der Waals surface area contributed by atoms with Crippen LogP contribution in [0.2, 0.25) is 0 Å². The highest BCUT2D eigenvalue weighted by Gasteiger charge is 2.21. The van der Waals surface area contributed by atoms with Crippen LogP contribution >= 0.6 is 0 Å². The molecule has 1 saturated heterocycles. The van der Waals surface area contributed by atoms with Gasteiger partial charge in [-0.2, -0.15) is 5.10 Å². The normalized spacial score (nSPS) is 15.0. The van der Waals surface area contributed by atoms with E-state index in [2.05, 4.69) is 15.3 Å². The van der Waals surface area contributed by atoms with Crippen molar-refractivity contribution in [2.75, 3.05) is 18.0 Å². The molecule has 0 aliphatic carbocycles. The number of nitrogens with one attached hydrogen (secondary N) is 1. The molecule has 3 rings (SSSR count). The molecule has 0 spiro atoms. The zero-order valence-electron chi connectivity index (χ0n) is 15.2. The molecule has 0 radical (unpaired) electrons. The minimum atomic E-state index is -0.0928. The second kappa shape index (κ2) is 8.65. The van der Waals surface area contributed by atoms with Crippen LogP contribution in [0.1, 0.15) is 38.2 Å². The molecule has 6 heteroatoms. The third-order valence-corrected chi connectivity index (χ3v) is 4.73. The Morgan fingerprint density at radius 3 is 2.62 bits per heavy atom. The lowest BCUT2D eigenvalue weighted by molar-refractivity contribution is -0.121. The highest BCUT2D eigenvalue weighted by Crippen LogP contribution is 2.18. The SMILES string of the molecule is CCCC(=O)NC1CCN(c2cnn(Cc3ccccc3)c(=O)c2)CC1. The van der Waals surface area contributed by atoms with E-state index in [9.17, 15) is 9.59 Å². The van der Waals surface area contributed by atoms with Crippen molar-refractivity contribution < 1.29 is 4.79 Å². The Morgan fingerprint density at radius 1 is 1.23 bits per heavy atom. The van der Waals surface area contributed by atoms with Crippen molar-refractivity contribution in [1.82, 2.24) is 15.1 Å². The Morgan fingerprint density at radius 2 is 1.96 bits per heavy atom. The number of hydrogen-bond acceptors (Lipinski definition) is 4. The van der Waals surface area contributed by atoms with Gasteiger partial charge in [-0.3, -0.25) is 9.59 Å². The first-order chi connectivity index (χ1) is 12.7. The number of carbonyl (C=O) groups is 1. The minimum Gasteiger partial charge on any atom is -0.370 e. The van der Waals surface area contributed by atoms with Crippen molar-refractivity contribution in [1.29, 1.82) is 0 Å². The molecule has 138 valence electrons. The number of anilines is 1. The van der Waals surface area contributed by atoms with Crippen molar-refractivity contribution in [2.45, 2.75) is 45.2 Å². The second-order valence-corrected chi connectivity index (χ2v) is 6.77. The molecule has 0 saturated carbocycles. The monoisotopic (exact) mass is 354 g/mol. The van der Waals surface area contributed by atoms with Crippen LogP contribution in [0.3, 0.4) is 0 Å². The fourth-order valence-corrected chi connectivity index (χ4v) is 3.28. The summed E-state index contributed by atoms with van der Waals surface area (Å²) < 4.78 is 1.48. The molecule has 2 aromatic rings. The van der Waals surface area contributed by atoms with Gasteiger partial charge in [0.25, 0.3) is 5.56 Å². The second-order valence-electron chi connectivity index (χ2n) is 6.77. The van der Waals surface area contributed by atoms with Crippen LogP contribution in [0.25, 0.3) is 0 Å². The zero-order chi connectivity index (χ0) is 18.4. The standard InChI is InChI=1S/C20H26N4O2/c1-2-6-19(25)22-17-9-11-23(12-10-17)18-13-20(26)24(21-14-18)15-16-7-4-3-5-8-16/h3-5,7-8,13-14,17H,2,6,9-12,15H2,1H3,(H,22,25). The molecule has 1 aromatic carbocycles. The van der Waals surface area contributed by atoms with Gasteiger partial charge in [-0.25, -0.2) is 4.68 Å². The van der Waals surface area contributed by atoms with Crippen LogP contribution < -0.4 is 15.8 Å².